The summed E-state index contributed by atoms with van der Waals surface area (Å²) in [4.78, 5) is 26.5. The van der Waals surface area contributed by atoms with Crippen LogP contribution in [0.5, 0.6) is 0 Å². The number of nitro groups is 1. The highest BCUT2D eigenvalue weighted by Crippen LogP contribution is 2.37. The van der Waals surface area contributed by atoms with Crippen molar-refractivity contribution in [3.8, 4) is 0 Å². The molecule has 3 rings (SSSR count). The first-order valence-corrected chi connectivity index (χ1v) is 8.85. The Morgan fingerprint density at radius 2 is 1.88 bits per heavy atom. The van der Waals surface area contributed by atoms with Gasteiger partial charge >= 0.3 is 5.69 Å². The summed E-state index contributed by atoms with van der Waals surface area (Å²) >= 11 is 0. The molecule has 0 N–H and O–H groups in total. The van der Waals surface area contributed by atoms with E-state index < -0.39 is 0 Å². The van der Waals surface area contributed by atoms with Crippen molar-refractivity contribution >= 4 is 17.3 Å². The minimum Gasteiger partial charge on any atom is -0.348 e. The van der Waals surface area contributed by atoms with E-state index in [1.54, 1.807) is 0 Å². The van der Waals surface area contributed by atoms with Crippen molar-refractivity contribution in [1.82, 2.24) is 14.9 Å². The number of anilines is 2. The zero-order chi connectivity index (χ0) is 17.1. The lowest BCUT2D eigenvalue weighted by Gasteiger charge is -2.36. The van der Waals surface area contributed by atoms with E-state index in [0.29, 0.717) is 11.6 Å². The van der Waals surface area contributed by atoms with Crippen LogP contribution in [-0.2, 0) is 0 Å². The second-order valence-electron chi connectivity index (χ2n) is 6.59. The first-order valence-electron chi connectivity index (χ1n) is 8.85. The van der Waals surface area contributed by atoms with Gasteiger partial charge in [0.05, 0.1) is 4.92 Å². The van der Waals surface area contributed by atoms with Gasteiger partial charge in [0.2, 0.25) is 11.6 Å². The molecule has 1 unspecified atom stereocenters. The summed E-state index contributed by atoms with van der Waals surface area (Å²) in [5.41, 5.74) is 0.0659. The second kappa shape index (κ2) is 7.29. The third kappa shape index (κ3) is 3.28. The minimum absolute atomic E-state index is 0.0659. The van der Waals surface area contributed by atoms with Crippen LogP contribution in [0.25, 0.3) is 0 Å². The number of likely N-dealkylation sites (N-methyl/N-ethyl adjacent to an activating group) is 1. The highest BCUT2D eigenvalue weighted by Gasteiger charge is 2.33. The Kier molecular flexibility index (Phi) is 5.13. The SMILES string of the molecule is CCN1CCN(c2ncnc(N3CCCCC3C)c2[N+](=O)[O-])CC1. The van der Waals surface area contributed by atoms with Crippen molar-refractivity contribution in [3.63, 3.8) is 0 Å². The molecule has 1 atom stereocenters. The fraction of sp³-hybridized carbons (Fsp3) is 0.750. The first-order chi connectivity index (χ1) is 11.6. The topological polar surface area (TPSA) is 78.6 Å². The van der Waals surface area contributed by atoms with Crippen LogP contribution in [0.1, 0.15) is 33.1 Å². The summed E-state index contributed by atoms with van der Waals surface area (Å²) < 4.78 is 0. The molecule has 1 aromatic rings. The molecule has 132 valence electrons. The van der Waals surface area contributed by atoms with E-state index in [1.807, 2.05) is 4.90 Å². The van der Waals surface area contributed by atoms with Crippen molar-refractivity contribution in [2.24, 2.45) is 0 Å². The van der Waals surface area contributed by atoms with Gasteiger partial charge in [-0.2, -0.15) is 0 Å². The van der Waals surface area contributed by atoms with Gasteiger partial charge in [0.25, 0.3) is 0 Å². The number of hydrogen-bond acceptors (Lipinski definition) is 7. The third-order valence-electron chi connectivity index (χ3n) is 5.16. The summed E-state index contributed by atoms with van der Waals surface area (Å²) in [7, 11) is 0. The quantitative estimate of drug-likeness (QED) is 0.614. The van der Waals surface area contributed by atoms with Crippen molar-refractivity contribution in [2.45, 2.75) is 39.2 Å². The highest BCUT2D eigenvalue weighted by atomic mass is 16.6. The zero-order valence-corrected chi connectivity index (χ0v) is 14.5. The lowest BCUT2D eigenvalue weighted by molar-refractivity contribution is -0.383. The Hall–Kier alpha value is -1.96. The molecule has 2 saturated heterocycles. The molecule has 2 aliphatic heterocycles. The largest absolute Gasteiger partial charge is 0.353 e. The summed E-state index contributed by atoms with van der Waals surface area (Å²) in [5.74, 6) is 0.952. The molecule has 2 fully saturated rings. The van der Waals surface area contributed by atoms with E-state index in [0.717, 1.165) is 52.1 Å². The van der Waals surface area contributed by atoms with Gasteiger partial charge in [-0.15, -0.1) is 0 Å². The van der Waals surface area contributed by atoms with Gasteiger partial charge < -0.3 is 14.7 Å². The third-order valence-corrected chi connectivity index (χ3v) is 5.16. The van der Waals surface area contributed by atoms with Crippen molar-refractivity contribution in [1.29, 1.82) is 0 Å². The maximum atomic E-state index is 11.8. The number of rotatable bonds is 4. The van der Waals surface area contributed by atoms with Gasteiger partial charge in [-0.25, -0.2) is 9.97 Å². The minimum atomic E-state index is -0.307. The fourth-order valence-corrected chi connectivity index (χ4v) is 3.65. The van der Waals surface area contributed by atoms with Crippen LogP contribution in [-0.4, -0.2) is 65.1 Å². The van der Waals surface area contributed by atoms with Gasteiger partial charge in [0, 0.05) is 38.8 Å². The molecule has 2 aliphatic rings. The van der Waals surface area contributed by atoms with E-state index in [2.05, 4.69) is 33.6 Å². The number of aromatic nitrogens is 2. The smallest absolute Gasteiger partial charge is 0.348 e. The summed E-state index contributed by atoms with van der Waals surface area (Å²) in [6.45, 7) is 9.43. The molecule has 0 amide bonds. The molecule has 3 heterocycles. The monoisotopic (exact) mass is 334 g/mol. The van der Waals surface area contributed by atoms with Crippen LogP contribution >= 0.6 is 0 Å². The maximum Gasteiger partial charge on any atom is 0.353 e. The molecule has 0 saturated carbocycles. The average Bonchev–Trinajstić information content (AvgIpc) is 2.61. The normalized spacial score (nSPS) is 22.7. The number of piperazine rings is 1. The van der Waals surface area contributed by atoms with Gasteiger partial charge in [0.1, 0.15) is 6.33 Å². The van der Waals surface area contributed by atoms with Crippen LogP contribution in [0.2, 0.25) is 0 Å². The second-order valence-corrected chi connectivity index (χ2v) is 6.59. The molecule has 0 spiro atoms. The lowest BCUT2D eigenvalue weighted by Crippen LogP contribution is -2.47. The molecule has 1 aromatic heterocycles. The van der Waals surface area contributed by atoms with Crippen molar-refractivity contribution in [3.05, 3.63) is 16.4 Å². The molecule has 8 heteroatoms. The zero-order valence-electron chi connectivity index (χ0n) is 14.5. The van der Waals surface area contributed by atoms with Crippen LogP contribution in [0.3, 0.4) is 0 Å². The maximum absolute atomic E-state index is 11.8. The Balaban J connectivity index is 1.92. The Bertz CT molecular complexity index is 588. The predicted octanol–water partition coefficient (Wildman–Crippen LogP) is 1.91. The average molecular weight is 334 g/mol. The van der Waals surface area contributed by atoms with Crippen molar-refractivity contribution in [2.75, 3.05) is 49.1 Å². The van der Waals surface area contributed by atoms with E-state index >= 15 is 0 Å². The van der Waals surface area contributed by atoms with Crippen LogP contribution in [0, 0.1) is 10.1 Å². The van der Waals surface area contributed by atoms with Gasteiger partial charge in [0.15, 0.2) is 0 Å². The van der Waals surface area contributed by atoms with Gasteiger partial charge in [-0.05, 0) is 32.7 Å². The standard InChI is InChI=1S/C16H26N6O2/c1-3-19-8-10-20(11-9-19)15-14(22(23)24)16(18-12-17-15)21-7-5-4-6-13(21)2/h12-13H,3-11H2,1-2H3. The highest BCUT2D eigenvalue weighted by molar-refractivity contribution is 5.71. The van der Waals surface area contributed by atoms with E-state index in [4.69, 9.17) is 0 Å². The predicted molar refractivity (Wildman–Crippen MR) is 93.7 cm³/mol. The van der Waals surface area contributed by atoms with Crippen LogP contribution < -0.4 is 9.80 Å². The number of nitrogens with zero attached hydrogens (tertiary/aromatic N) is 6. The van der Waals surface area contributed by atoms with E-state index in [-0.39, 0.29) is 16.7 Å². The molecule has 0 radical (unpaired) electrons. The number of hydrogen-bond donors (Lipinski definition) is 0. The molecule has 0 aromatic carbocycles. The summed E-state index contributed by atoms with van der Waals surface area (Å²) in [6.07, 6.45) is 4.75. The number of piperidine rings is 1. The first kappa shape index (κ1) is 16.9. The van der Waals surface area contributed by atoms with Crippen LogP contribution in [0.4, 0.5) is 17.3 Å². The van der Waals surface area contributed by atoms with E-state index in [9.17, 15) is 10.1 Å². The Morgan fingerprint density at radius 1 is 1.17 bits per heavy atom. The molecule has 8 nitrogen and oxygen atoms in total. The van der Waals surface area contributed by atoms with Crippen LogP contribution in [0.15, 0.2) is 6.33 Å². The Morgan fingerprint density at radius 3 is 2.50 bits per heavy atom. The Labute approximate surface area is 142 Å². The molecule has 24 heavy (non-hydrogen) atoms. The van der Waals surface area contributed by atoms with Gasteiger partial charge in [-0.1, -0.05) is 6.92 Å². The lowest BCUT2D eigenvalue weighted by atomic mass is 10.0. The molecular weight excluding hydrogens is 308 g/mol. The molecule has 0 bridgehead atoms. The van der Waals surface area contributed by atoms with Gasteiger partial charge in [-0.3, -0.25) is 10.1 Å². The molecule has 0 aliphatic carbocycles. The molecular formula is C16H26N6O2. The van der Waals surface area contributed by atoms with E-state index in [1.165, 1.54) is 12.7 Å². The van der Waals surface area contributed by atoms with Crippen molar-refractivity contribution < 1.29 is 4.92 Å². The summed E-state index contributed by atoms with van der Waals surface area (Å²) in [6, 6.07) is 0.275. The summed E-state index contributed by atoms with van der Waals surface area (Å²) in [5, 5.41) is 11.8. The fourth-order valence-electron chi connectivity index (χ4n) is 3.65.